The number of benzene rings is 1. The number of halogens is 3. The molecule has 0 bridgehead atoms. The van der Waals surface area contributed by atoms with Crippen molar-refractivity contribution in [2.75, 3.05) is 5.73 Å². The highest BCUT2D eigenvalue weighted by atomic mass is 19.2. The minimum atomic E-state index is -1.27. The van der Waals surface area contributed by atoms with Gasteiger partial charge in [-0.1, -0.05) is 0 Å². The second-order valence-corrected chi connectivity index (χ2v) is 3.78. The largest absolute Gasteiger partial charge is 0.368 e. The van der Waals surface area contributed by atoms with E-state index in [-0.39, 0.29) is 22.9 Å². The summed E-state index contributed by atoms with van der Waals surface area (Å²) >= 11 is 0. The molecular weight excluding hydrogens is 259 g/mol. The molecule has 5 nitrogen and oxygen atoms in total. The van der Waals surface area contributed by atoms with Gasteiger partial charge in [-0.25, -0.2) is 23.1 Å². The number of fused-ring (bicyclic) bond motifs is 1. The molecule has 1 aromatic carbocycles. The molecule has 0 amide bonds. The van der Waals surface area contributed by atoms with Crippen molar-refractivity contribution in [1.82, 2.24) is 19.9 Å². The van der Waals surface area contributed by atoms with E-state index in [1.54, 1.807) is 0 Å². The molecule has 0 spiro atoms. The highest BCUT2D eigenvalue weighted by Crippen LogP contribution is 2.28. The van der Waals surface area contributed by atoms with Crippen molar-refractivity contribution >= 4 is 17.1 Å². The third-order valence-corrected chi connectivity index (χ3v) is 2.57. The number of aromatic nitrogens is 4. The van der Waals surface area contributed by atoms with Gasteiger partial charge in [-0.2, -0.15) is 4.98 Å². The molecule has 0 saturated heterocycles. The van der Waals surface area contributed by atoms with Gasteiger partial charge in [0.15, 0.2) is 17.3 Å². The maximum absolute atomic E-state index is 13.7. The van der Waals surface area contributed by atoms with Crippen molar-refractivity contribution < 1.29 is 13.2 Å². The molecule has 96 valence electrons. The quantitative estimate of drug-likeness (QED) is 0.659. The summed E-state index contributed by atoms with van der Waals surface area (Å²) in [6.07, 6.45) is 1.32. The Balaban J connectivity index is 2.35. The van der Waals surface area contributed by atoms with Gasteiger partial charge in [0.05, 0.1) is 6.33 Å². The first kappa shape index (κ1) is 11.5. The van der Waals surface area contributed by atoms with Gasteiger partial charge >= 0.3 is 0 Å². The SMILES string of the molecule is Nc1nc(-c2cc(F)c(F)cc2F)c2[nH]cnc2n1. The van der Waals surface area contributed by atoms with E-state index in [0.717, 1.165) is 0 Å². The predicted molar refractivity (Wildman–Crippen MR) is 61.4 cm³/mol. The van der Waals surface area contributed by atoms with Crippen molar-refractivity contribution in [3.05, 3.63) is 35.9 Å². The van der Waals surface area contributed by atoms with Gasteiger partial charge in [0.25, 0.3) is 0 Å². The number of anilines is 1. The number of hydrogen-bond donors (Lipinski definition) is 2. The van der Waals surface area contributed by atoms with Crippen LogP contribution in [0.25, 0.3) is 22.4 Å². The molecule has 3 rings (SSSR count). The second kappa shape index (κ2) is 3.94. The lowest BCUT2D eigenvalue weighted by atomic mass is 10.1. The molecule has 3 aromatic rings. The minimum Gasteiger partial charge on any atom is -0.368 e. The molecule has 0 radical (unpaired) electrons. The number of rotatable bonds is 1. The average Bonchev–Trinajstić information content (AvgIpc) is 2.80. The highest BCUT2D eigenvalue weighted by Gasteiger charge is 2.17. The summed E-state index contributed by atoms with van der Waals surface area (Å²) in [5, 5.41) is 0. The van der Waals surface area contributed by atoms with Crippen LogP contribution in [0.1, 0.15) is 0 Å². The van der Waals surface area contributed by atoms with Crippen LogP contribution in [-0.2, 0) is 0 Å². The van der Waals surface area contributed by atoms with E-state index in [4.69, 9.17) is 5.73 Å². The standard InChI is InChI=1S/C11H6F3N5/c12-5-2-7(14)6(13)1-4(5)8-9-10(17-3-16-9)19-11(15)18-8/h1-3H,(H3,15,16,17,18,19). The van der Waals surface area contributed by atoms with Crippen molar-refractivity contribution in [1.29, 1.82) is 0 Å². The number of H-pyrrole nitrogens is 1. The minimum absolute atomic E-state index is 0.0244. The summed E-state index contributed by atoms with van der Waals surface area (Å²) in [6.45, 7) is 0. The Labute approximate surface area is 104 Å². The number of aromatic amines is 1. The van der Waals surface area contributed by atoms with Crippen LogP contribution in [0.4, 0.5) is 19.1 Å². The Bertz CT molecular complexity index is 783. The van der Waals surface area contributed by atoms with Gasteiger partial charge < -0.3 is 10.7 Å². The van der Waals surface area contributed by atoms with Crippen LogP contribution in [-0.4, -0.2) is 19.9 Å². The molecule has 0 atom stereocenters. The van der Waals surface area contributed by atoms with Crippen molar-refractivity contribution in [2.24, 2.45) is 0 Å². The summed E-state index contributed by atoms with van der Waals surface area (Å²) in [4.78, 5) is 14.2. The fourth-order valence-electron chi connectivity index (χ4n) is 1.75. The Morgan fingerprint density at radius 2 is 1.74 bits per heavy atom. The smallest absolute Gasteiger partial charge is 0.222 e. The Morgan fingerprint density at radius 1 is 1.00 bits per heavy atom. The molecule has 3 N–H and O–H groups in total. The maximum atomic E-state index is 13.7. The maximum Gasteiger partial charge on any atom is 0.222 e. The van der Waals surface area contributed by atoms with Gasteiger partial charge in [-0.3, -0.25) is 0 Å². The van der Waals surface area contributed by atoms with Crippen LogP contribution in [0.3, 0.4) is 0 Å². The third-order valence-electron chi connectivity index (χ3n) is 2.57. The van der Waals surface area contributed by atoms with Crippen LogP contribution in [0.15, 0.2) is 18.5 Å². The Kier molecular flexibility index (Phi) is 2.37. The van der Waals surface area contributed by atoms with Crippen LogP contribution in [0, 0.1) is 17.5 Å². The van der Waals surface area contributed by atoms with Crippen LogP contribution < -0.4 is 5.73 Å². The Morgan fingerprint density at radius 3 is 2.53 bits per heavy atom. The van der Waals surface area contributed by atoms with Gasteiger partial charge in [-0.15, -0.1) is 0 Å². The van der Waals surface area contributed by atoms with E-state index < -0.39 is 17.5 Å². The summed E-state index contributed by atoms with van der Waals surface area (Å²) < 4.78 is 39.9. The first-order valence-corrected chi connectivity index (χ1v) is 5.18. The summed E-state index contributed by atoms with van der Waals surface area (Å²) in [7, 11) is 0. The molecule has 2 aromatic heterocycles. The summed E-state index contributed by atoms with van der Waals surface area (Å²) in [6, 6.07) is 1.16. The van der Waals surface area contributed by atoms with Crippen molar-refractivity contribution in [2.45, 2.75) is 0 Å². The normalized spacial score (nSPS) is 11.1. The molecule has 19 heavy (non-hydrogen) atoms. The topological polar surface area (TPSA) is 80.5 Å². The van der Waals surface area contributed by atoms with Crippen LogP contribution in [0.2, 0.25) is 0 Å². The monoisotopic (exact) mass is 265 g/mol. The second-order valence-electron chi connectivity index (χ2n) is 3.78. The van der Waals surface area contributed by atoms with E-state index in [0.29, 0.717) is 17.6 Å². The van der Waals surface area contributed by atoms with Gasteiger partial charge in [-0.05, 0) is 6.07 Å². The lowest BCUT2D eigenvalue weighted by molar-refractivity contribution is 0.496. The van der Waals surface area contributed by atoms with E-state index in [1.807, 2.05) is 0 Å². The zero-order chi connectivity index (χ0) is 13.6. The van der Waals surface area contributed by atoms with Gasteiger partial charge in [0, 0.05) is 11.6 Å². The van der Waals surface area contributed by atoms with Gasteiger partial charge in [0.2, 0.25) is 5.95 Å². The number of imidazole rings is 1. The Hall–Kier alpha value is -2.64. The molecule has 0 unspecified atom stereocenters. The fraction of sp³-hybridized carbons (Fsp3) is 0. The zero-order valence-electron chi connectivity index (χ0n) is 9.28. The fourth-order valence-corrected chi connectivity index (χ4v) is 1.75. The number of nitrogens with two attached hydrogens (primary N) is 1. The van der Waals surface area contributed by atoms with Crippen LogP contribution >= 0.6 is 0 Å². The number of nitrogens with zero attached hydrogens (tertiary/aromatic N) is 3. The third kappa shape index (κ3) is 1.77. The molecule has 8 heteroatoms. The number of nitrogens with one attached hydrogen (secondary N) is 1. The van der Waals surface area contributed by atoms with E-state index in [2.05, 4.69) is 19.9 Å². The van der Waals surface area contributed by atoms with E-state index in [9.17, 15) is 13.2 Å². The predicted octanol–water partition coefficient (Wildman–Crippen LogP) is 2.02. The number of hydrogen-bond acceptors (Lipinski definition) is 4. The molecule has 0 aliphatic carbocycles. The lowest BCUT2D eigenvalue weighted by Crippen LogP contribution is -2.00. The lowest BCUT2D eigenvalue weighted by Gasteiger charge is -2.05. The zero-order valence-corrected chi connectivity index (χ0v) is 9.28. The molecule has 0 aliphatic rings. The molecule has 0 aliphatic heterocycles. The summed E-state index contributed by atoms with van der Waals surface area (Å²) in [5.41, 5.74) is 5.78. The number of nitrogen functional groups attached to an aromatic ring is 1. The summed E-state index contributed by atoms with van der Waals surface area (Å²) in [5.74, 6) is -3.54. The van der Waals surface area contributed by atoms with Crippen LogP contribution in [0.5, 0.6) is 0 Å². The van der Waals surface area contributed by atoms with Crippen molar-refractivity contribution in [3.63, 3.8) is 0 Å². The highest BCUT2D eigenvalue weighted by molar-refractivity contribution is 5.87. The van der Waals surface area contributed by atoms with Crippen molar-refractivity contribution in [3.8, 4) is 11.3 Å². The average molecular weight is 265 g/mol. The molecule has 2 heterocycles. The first-order valence-electron chi connectivity index (χ1n) is 5.18. The first-order chi connectivity index (χ1) is 9.06. The molecule has 0 fully saturated rings. The van der Waals surface area contributed by atoms with Gasteiger partial charge in [0.1, 0.15) is 17.0 Å². The molecule has 0 saturated carbocycles. The molecular formula is C11H6F3N5. The van der Waals surface area contributed by atoms with E-state index in [1.165, 1.54) is 6.33 Å². The van der Waals surface area contributed by atoms with E-state index >= 15 is 0 Å².